The third-order valence-electron chi connectivity index (χ3n) is 5.76. The molecule has 0 spiro atoms. The summed E-state index contributed by atoms with van der Waals surface area (Å²) in [7, 11) is 0. The second-order valence-corrected chi connectivity index (χ2v) is 7.53. The molecule has 3 saturated carbocycles. The fourth-order valence-corrected chi connectivity index (χ4v) is 4.78. The van der Waals surface area contributed by atoms with Gasteiger partial charge in [0.2, 0.25) is 5.28 Å². The summed E-state index contributed by atoms with van der Waals surface area (Å²) in [6, 6.07) is 1.81. The molecule has 0 saturated heterocycles. The van der Waals surface area contributed by atoms with Gasteiger partial charge >= 0.3 is 5.97 Å². The van der Waals surface area contributed by atoms with Gasteiger partial charge in [0.15, 0.2) is 5.82 Å². The number of halogens is 1. The van der Waals surface area contributed by atoms with Crippen LogP contribution in [0, 0.1) is 17.8 Å². The Bertz CT molecular complexity index is 816. The number of rotatable bonds is 5. The van der Waals surface area contributed by atoms with Crippen LogP contribution in [0.15, 0.2) is 12.3 Å². The Morgan fingerprint density at radius 3 is 2.81 bits per heavy atom. The molecule has 0 unspecified atom stereocenters. The second-order valence-electron chi connectivity index (χ2n) is 7.19. The van der Waals surface area contributed by atoms with Crippen molar-refractivity contribution in [2.24, 2.45) is 17.8 Å². The monoisotopic (exact) mass is 378 g/mol. The van der Waals surface area contributed by atoms with E-state index in [4.69, 9.17) is 16.3 Å². The van der Waals surface area contributed by atoms with Crippen LogP contribution in [0.3, 0.4) is 0 Å². The molecule has 3 fully saturated rings. The number of ether oxygens (including phenoxy) is 1. The van der Waals surface area contributed by atoms with Crippen molar-refractivity contribution >= 4 is 28.9 Å². The highest BCUT2D eigenvalue weighted by Gasteiger charge is 2.48. The largest absolute Gasteiger partial charge is 0.466 e. The van der Waals surface area contributed by atoms with E-state index in [1.54, 1.807) is 10.7 Å². The first-order chi connectivity index (χ1) is 12.6. The van der Waals surface area contributed by atoms with E-state index in [9.17, 15) is 9.90 Å². The van der Waals surface area contributed by atoms with Crippen molar-refractivity contribution in [2.75, 3.05) is 11.9 Å². The van der Waals surface area contributed by atoms with Crippen LogP contribution in [-0.2, 0) is 16.1 Å². The summed E-state index contributed by atoms with van der Waals surface area (Å²) in [6.45, 7) is 2.15. The summed E-state index contributed by atoms with van der Waals surface area (Å²) in [6.07, 6.45) is 6.09. The minimum absolute atomic E-state index is 0.0243. The zero-order valence-electron chi connectivity index (χ0n) is 14.7. The number of hydrogen-bond donors (Lipinski definition) is 2. The topological polar surface area (TPSA) is 88.8 Å². The Morgan fingerprint density at radius 1 is 1.38 bits per heavy atom. The zero-order valence-corrected chi connectivity index (χ0v) is 15.4. The molecule has 7 nitrogen and oxygen atoms in total. The fraction of sp³-hybridized carbons (Fsp3) is 0.611. The summed E-state index contributed by atoms with van der Waals surface area (Å²) in [5, 5.41) is 17.2. The molecule has 2 aromatic rings. The van der Waals surface area contributed by atoms with E-state index in [2.05, 4.69) is 15.4 Å². The molecule has 2 bridgehead atoms. The van der Waals surface area contributed by atoms with Crippen LogP contribution < -0.4 is 5.32 Å². The van der Waals surface area contributed by atoms with Crippen LogP contribution >= 0.6 is 11.6 Å². The van der Waals surface area contributed by atoms with E-state index in [1.807, 2.05) is 13.0 Å². The maximum Gasteiger partial charge on any atom is 0.311 e. The molecular formula is C18H23ClN4O3. The number of aliphatic hydroxyl groups is 1. The van der Waals surface area contributed by atoms with Gasteiger partial charge < -0.3 is 15.2 Å². The number of aliphatic hydroxyl groups excluding tert-OH is 1. The molecule has 0 aliphatic heterocycles. The molecule has 140 valence electrons. The fourth-order valence-electron chi connectivity index (χ4n) is 4.61. The maximum atomic E-state index is 12.6. The summed E-state index contributed by atoms with van der Waals surface area (Å²) in [5.41, 5.74) is 1.47. The van der Waals surface area contributed by atoms with Crippen molar-refractivity contribution in [1.82, 2.24) is 14.6 Å². The highest BCUT2D eigenvalue weighted by molar-refractivity contribution is 6.28. The Balaban J connectivity index is 1.69. The van der Waals surface area contributed by atoms with Gasteiger partial charge in [0, 0.05) is 12.2 Å². The molecule has 8 heteroatoms. The average molecular weight is 379 g/mol. The molecule has 3 aliphatic rings. The predicted octanol–water partition coefficient (Wildman–Crippen LogP) is 2.65. The van der Waals surface area contributed by atoms with Gasteiger partial charge in [-0.15, -0.1) is 5.10 Å². The first kappa shape index (κ1) is 17.5. The summed E-state index contributed by atoms with van der Waals surface area (Å²) >= 11 is 6.08. The number of carbonyl (C=O) groups excluding carboxylic acids is 1. The van der Waals surface area contributed by atoms with Crippen molar-refractivity contribution in [2.45, 2.75) is 45.3 Å². The highest BCUT2D eigenvalue weighted by atomic mass is 35.5. The van der Waals surface area contributed by atoms with E-state index in [-0.39, 0.29) is 29.8 Å². The Kier molecular flexibility index (Phi) is 4.75. The van der Waals surface area contributed by atoms with Crippen LogP contribution in [0.25, 0.3) is 5.52 Å². The number of aromatic nitrogens is 3. The van der Waals surface area contributed by atoms with Crippen LogP contribution in [0.1, 0.15) is 38.2 Å². The number of nitrogens with zero attached hydrogens (tertiary/aromatic N) is 3. The summed E-state index contributed by atoms with van der Waals surface area (Å²) in [4.78, 5) is 17.0. The van der Waals surface area contributed by atoms with E-state index < -0.39 is 0 Å². The van der Waals surface area contributed by atoms with Gasteiger partial charge in [0.1, 0.15) is 5.52 Å². The van der Waals surface area contributed by atoms with Crippen molar-refractivity contribution in [3.63, 3.8) is 0 Å². The number of esters is 1. The van der Waals surface area contributed by atoms with Gasteiger partial charge in [-0.2, -0.15) is 4.98 Å². The van der Waals surface area contributed by atoms with E-state index in [0.717, 1.165) is 36.8 Å². The predicted molar refractivity (Wildman–Crippen MR) is 96.9 cm³/mol. The molecular weight excluding hydrogens is 356 g/mol. The molecule has 2 N–H and O–H groups in total. The number of nitrogens with one attached hydrogen (secondary N) is 1. The van der Waals surface area contributed by atoms with Gasteiger partial charge in [0.25, 0.3) is 0 Å². The summed E-state index contributed by atoms with van der Waals surface area (Å²) < 4.78 is 6.97. The van der Waals surface area contributed by atoms with Crippen LogP contribution in [0.5, 0.6) is 0 Å². The quantitative estimate of drug-likeness (QED) is 0.777. The third-order valence-corrected chi connectivity index (χ3v) is 5.92. The molecule has 2 aromatic heterocycles. The highest BCUT2D eigenvalue weighted by Crippen LogP contribution is 2.46. The zero-order chi connectivity index (χ0) is 18.3. The van der Waals surface area contributed by atoms with Crippen LogP contribution in [0.4, 0.5) is 5.82 Å². The third kappa shape index (κ3) is 3.03. The molecule has 0 amide bonds. The van der Waals surface area contributed by atoms with Gasteiger partial charge in [-0.25, -0.2) is 4.52 Å². The molecule has 0 radical (unpaired) electrons. The number of fused-ring (bicyclic) bond motifs is 4. The Labute approximate surface area is 156 Å². The van der Waals surface area contributed by atoms with Gasteiger partial charge in [-0.05, 0) is 67.7 Å². The molecule has 26 heavy (non-hydrogen) atoms. The van der Waals surface area contributed by atoms with Gasteiger partial charge in [-0.3, -0.25) is 4.79 Å². The first-order valence-electron chi connectivity index (χ1n) is 9.19. The van der Waals surface area contributed by atoms with E-state index >= 15 is 0 Å². The lowest BCUT2D eigenvalue weighted by molar-refractivity contribution is -0.154. The lowest BCUT2D eigenvalue weighted by Crippen LogP contribution is -2.52. The number of anilines is 1. The second kappa shape index (κ2) is 7.04. The van der Waals surface area contributed by atoms with E-state index in [0.29, 0.717) is 24.3 Å². The molecule has 2 heterocycles. The lowest BCUT2D eigenvalue weighted by atomic mass is 9.61. The first-order valence-corrected chi connectivity index (χ1v) is 9.57. The molecule has 5 rings (SSSR count). The van der Waals surface area contributed by atoms with Gasteiger partial charge in [-0.1, -0.05) is 0 Å². The minimum Gasteiger partial charge on any atom is -0.466 e. The maximum absolute atomic E-state index is 12.6. The van der Waals surface area contributed by atoms with Crippen molar-refractivity contribution in [3.05, 3.63) is 23.1 Å². The normalized spacial score (nSPS) is 27.7. The molecule has 0 aromatic carbocycles. The number of carbonyl (C=O) groups is 1. The van der Waals surface area contributed by atoms with E-state index in [1.165, 1.54) is 0 Å². The minimum atomic E-state index is -0.163. The molecule has 2 atom stereocenters. The molecule has 3 aliphatic carbocycles. The van der Waals surface area contributed by atoms with Crippen molar-refractivity contribution < 1.29 is 14.6 Å². The Morgan fingerprint density at radius 2 is 2.12 bits per heavy atom. The van der Waals surface area contributed by atoms with Crippen LogP contribution in [0.2, 0.25) is 5.28 Å². The number of hydrogen-bond acceptors (Lipinski definition) is 6. The van der Waals surface area contributed by atoms with Gasteiger partial charge in [0.05, 0.1) is 19.1 Å². The average Bonchev–Trinajstić information content (AvgIpc) is 3.06. The van der Waals surface area contributed by atoms with Crippen molar-refractivity contribution in [3.8, 4) is 0 Å². The summed E-state index contributed by atoms with van der Waals surface area (Å²) in [5.74, 6) is 1.07. The van der Waals surface area contributed by atoms with Crippen LogP contribution in [-0.4, -0.2) is 38.3 Å². The Hall–Kier alpha value is -1.86. The smallest absolute Gasteiger partial charge is 0.311 e. The van der Waals surface area contributed by atoms with Crippen molar-refractivity contribution in [1.29, 1.82) is 0 Å². The standard InChI is InChI=1S/C18H23ClN4O3/c1-2-26-17(25)14-11-3-5-12(6-4-11)15(14)20-16-13-7-10(9-24)8-23(13)22-18(19)21-16/h7-8,11-12,14-15,24H,2-6,9H2,1H3,(H,20,21,22)/t11-,12+,14-,15-/m0/s1. The lowest BCUT2D eigenvalue weighted by Gasteiger charge is -2.47. The SMILES string of the molecule is CCOC(=O)[C@H]1[C@H]2CC[C@H](CC2)[C@@H]1Nc1nc(Cl)nn2cc(CO)cc12.